The summed E-state index contributed by atoms with van der Waals surface area (Å²) >= 11 is 0. The van der Waals surface area contributed by atoms with Crippen LogP contribution in [-0.2, 0) is 9.53 Å². The maximum Gasteiger partial charge on any atom is 0.384 e. The molecule has 0 bridgehead atoms. The van der Waals surface area contributed by atoms with Crippen LogP contribution in [0.3, 0.4) is 0 Å². The van der Waals surface area contributed by atoms with Crippen LogP contribution in [0.2, 0.25) is 0 Å². The molecule has 0 heterocycles. The Labute approximate surface area is 177 Å². The summed E-state index contributed by atoms with van der Waals surface area (Å²) < 4.78 is 4.85. The number of ether oxygens (including phenoxy) is 1. The number of anilines is 1. The predicted molar refractivity (Wildman–Crippen MR) is 122 cm³/mol. The summed E-state index contributed by atoms with van der Waals surface area (Å²) in [4.78, 5) is 11.4. The third kappa shape index (κ3) is 8.77. The van der Waals surface area contributed by atoms with E-state index in [9.17, 15) is 4.79 Å². The maximum atomic E-state index is 11.4. The average molecular weight is 396 g/mol. The van der Waals surface area contributed by atoms with Gasteiger partial charge in [0.1, 0.15) is 0 Å². The first kappa shape index (κ1) is 23.1. The zero-order valence-electron chi connectivity index (χ0n) is 18.1. The molecule has 0 aliphatic heterocycles. The minimum Gasteiger partial charge on any atom is -0.456 e. The minimum absolute atomic E-state index is 0.0824. The summed E-state index contributed by atoms with van der Waals surface area (Å²) in [5.74, 6) is 4.92. The second-order valence-electron chi connectivity index (χ2n) is 8.13. The van der Waals surface area contributed by atoms with Crippen molar-refractivity contribution in [2.45, 2.75) is 89.5 Å². The summed E-state index contributed by atoms with van der Waals surface area (Å²) in [6.45, 7) is 6.17. The summed E-state index contributed by atoms with van der Waals surface area (Å²) in [5.41, 5.74) is 2.01. The number of carbonyl (C=O) groups is 1. The van der Waals surface area contributed by atoms with Gasteiger partial charge in [-0.15, -0.1) is 6.58 Å². The molecule has 29 heavy (non-hydrogen) atoms. The van der Waals surface area contributed by atoms with E-state index < -0.39 is 5.97 Å². The van der Waals surface area contributed by atoms with E-state index in [1.54, 1.807) is 6.92 Å². The Hall–Kier alpha value is -2.21. The predicted octanol–water partition coefficient (Wildman–Crippen LogP) is 6.63. The molecule has 158 valence electrons. The lowest BCUT2D eigenvalue weighted by Crippen LogP contribution is -2.38. The Morgan fingerprint density at radius 3 is 2.10 bits per heavy atom. The Kier molecular flexibility index (Phi) is 10.4. The zero-order chi connectivity index (χ0) is 20.8. The third-order valence-corrected chi connectivity index (χ3v) is 5.72. The molecule has 0 radical (unpaired) electrons. The Morgan fingerprint density at radius 2 is 1.59 bits per heavy atom. The molecule has 0 aromatic heterocycles. The van der Waals surface area contributed by atoms with Gasteiger partial charge in [-0.1, -0.05) is 69.8 Å². The third-order valence-electron chi connectivity index (χ3n) is 5.72. The van der Waals surface area contributed by atoms with Crippen LogP contribution in [0.5, 0.6) is 0 Å². The molecule has 0 saturated heterocycles. The second kappa shape index (κ2) is 13.1. The quantitative estimate of drug-likeness (QED) is 0.345. The minimum atomic E-state index is -0.479. The van der Waals surface area contributed by atoms with E-state index in [4.69, 9.17) is 4.74 Å². The van der Waals surface area contributed by atoms with Crippen molar-refractivity contribution in [2.75, 3.05) is 11.9 Å². The Bertz CT molecular complexity index is 669. The fourth-order valence-corrected chi connectivity index (χ4v) is 4.18. The first-order valence-electron chi connectivity index (χ1n) is 11.4. The van der Waals surface area contributed by atoms with Crippen LogP contribution in [0.25, 0.3) is 0 Å². The molecule has 1 aromatic carbocycles. The molecule has 1 aromatic rings. The Morgan fingerprint density at radius 1 is 1.03 bits per heavy atom. The molecule has 0 spiro atoms. The number of nitrogens with one attached hydrogen (secondary N) is 1. The standard InChI is InChI=1S/C26H37NO2/c1-3-20-26(21-12-10-8-6-5-7-9-11-13-22-26)27-24-17-14-23(15-18-24)16-19-25(28)29-4-2/h3,14-15,17-18,27H,1,4-13,20-22H2,2H3. The molecule has 0 atom stereocenters. The van der Waals surface area contributed by atoms with Crippen LogP contribution < -0.4 is 5.32 Å². The van der Waals surface area contributed by atoms with Gasteiger partial charge in [-0.25, -0.2) is 4.79 Å². The van der Waals surface area contributed by atoms with Crippen molar-refractivity contribution in [1.82, 2.24) is 0 Å². The summed E-state index contributed by atoms with van der Waals surface area (Å²) in [5, 5.41) is 3.85. The molecule has 1 aliphatic carbocycles. The molecular formula is C26H37NO2. The number of hydrogen-bond acceptors (Lipinski definition) is 3. The highest BCUT2D eigenvalue weighted by molar-refractivity contribution is 5.89. The number of benzene rings is 1. The van der Waals surface area contributed by atoms with Crippen molar-refractivity contribution in [3.05, 3.63) is 42.5 Å². The molecule has 1 N–H and O–H groups in total. The molecular weight excluding hydrogens is 358 g/mol. The van der Waals surface area contributed by atoms with E-state index in [-0.39, 0.29) is 5.54 Å². The van der Waals surface area contributed by atoms with Gasteiger partial charge in [0.15, 0.2) is 0 Å². The highest BCUT2D eigenvalue weighted by atomic mass is 16.5. The monoisotopic (exact) mass is 395 g/mol. The molecule has 0 unspecified atom stereocenters. The smallest absolute Gasteiger partial charge is 0.384 e. The zero-order valence-corrected chi connectivity index (χ0v) is 18.1. The molecule has 2 rings (SSSR count). The topological polar surface area (TPSA) is 38.3 Å². The SMILES string of the molecule is C=CCC1(Nc2ccc(C#CC(=O)OCC)cc2)CCCCCCCCCCC1. The fourth-order valence-electron chi connectivity index (χ4n) is 4.18. The number of rotatable bonds is 5. The van der Waals surface area contributed by atoms with Crippen molar-refractivity contribution in [3.8, 4) is 11.8 Å². The van der Waals surface area contributed by atoms with Crippen molar-refractivity contribution in [1.29, 1.82) is 0 Å². The van der Waals surface area contributed by atoms with Gasteiger partial charge < -0.3 is 10.1 Å². The average Bonchev–Trinajstić information content (AvgIpc) is 2.71. The second-order valence-corrected chi connectivity index (χ2v) is 8.13. The van der Waals surface area contributed by atoms with E-state index >= 15 is 0 Å². The summed E-state index contributed by atoms with van der Waals surface area (Å²) in [7, 11) is 0. The number of esters is 1. The largest absolute Gasteiger partial charge is 0.456 e. The first-order chi connectivity index (χ1) is 14.2. The van der Waals surface area contributed by atoms with Crippen LogP contribution in [0.4, 0.5) is 5.69 Å². The number of hydrogen-bond donors (Lipinski definition) is 1. The highest BCUT2D eigenvalue weighted by Gasteiger charge is 2.27. The molecule has 3 nitrogen and oxygen atoms in total. The maximum absolute atomic E-state index is 11.4. The summed E-state index contributed by atoms with van der Waals surface area (Å²) in [6, 6.07) is 8.06. The molecule has 1 aliphatic rings. The van der Waals surface area contributed by atoms with Gasteiger partial charge in [-0.3, -0.25) is 0 Å². The Balaban J connectivity index is 2.07. The lowest BCUT2D eigenvalue weighted by atomic mass is 9.82. The van der Waals surface area contributed by atoms with Gasteiger partial charge in [0.2, 0.25) is 0 Å². The van der Waals surface area contributed by atoms with E-state index in [0.29, 0.717) is 6.61 Å². The highest BCUT2D eigenvalue weighted by Crippen LogP contribution is 2.32. The van der Waals surface area contributed by atoms with Crippen molar-refractivity contribution in [3.63, 3.8) is 0 Å². The van der Waals surface area contributed by atoms with E-state index in [2.05, 4.69) is 41.9 Å². The van der Waals surface area contributed by atoms with Gasteiger partial charge >= 0.3 is 5.97 Å². The molecule has 1 saturated carbocycles. The molecule has 0 amide bonds. The van der Waals surface area contributed by atoms with E-state index in [1.807, 2.05) is 12.1 Å². The van der Waals surface area contributed by atoms with Gasteiger partial charge in [0.05, 0.1) is 6.61 Å². The van der Waals surface area contributed by atoms with Crippen molar-refractivity contribution in [2.24, 2.45) is 0 Å². The van der Waals surface area contributed by atoms with Crippen LogP contribution in [0, 0.1) is 11.8 Å². The number of carbonyl (C=O) groups excluding carboxylic acids is 1. The van der Waals surface area contributed by atoms with Crippen molar-refractivity contribution >= 4 is 11.7 Å². The van der Waals surface area contributed by atoms with Gasteiger partial charge in [0, 0.05) is 22.7 Å². The van der Waals surface area contributed by atoms with E-state index in [0.717, 1.165) is 17.7 Å². The molecule has 3 heteroatoms. The van der Waals surface area contributed by atoms with Gasteiger partial charge in [-0.05, 0) is 50.5 Å². The van der Waals surface area contributed by atoms with Crippen LogP contribution >= 0.6 is 0 Å². The molecule has 1 fully saturated rings. The van der Waals surface area contributed by atoms with Crippen LogP contribution in [0.15, 0.2) is 36.9 Å². The van der Waals surface area contributed by atoms with E-state index in [1.165, 1.54) is 70.6 Å². The first-order valence-corrected chi connectivity index (χ1v) is 11.4. The van der Waals surface area contributed by atoms with Gasteiger partial charge in [-0.2, -0.15) is 0 Å². The van der Waals surface area contributed by atoms with Crippen LogP contribution in [-0.4, -0.2) is 18.1 Å². The lowest BCUT2D eigenvalue weighted by molar-refractivity contribution is -0.136. The van der Waals surface area contributed by atoms with Crippen LogP contribution in [0.1, 0.15) is 89.5 Å². The van der Waals surface area contributed by atoms with Gasteiger partial charge in [0.25, 0.3) is 0 Å². The van der Waals surface area contributed by atoms with Crippen molar-refractivity contribution < 1.29 is 9.53 Å². The summed E-state index contributed by atoms with van der Waals surface area (Å²) in [6.07, 6.45) is 17.5. The normalized spacial score (nSPS) is 17.6. The lowest BCUT2D eigenvalue weighted by Gasteiger charge is -2.36. The fraction of sp³-hybridized carbons (Fsp3) is 0.577.